The van der Waals surface area contributed by atoms with Crippen LogP contribution in [-0.4, -0.2) is 33.3 Å². The van der Waals surface area contributed by atoms with Crippen LogP contribution in [0.4, 0.5) is 5.69 Å². The number of non-ortho nitro benzene ring substituents is 1. The molecule has 0 saturated carbocycles. The van der Waals surface area contributed by atoms with Crippen LogP contribution >= 0.6 is 0 Å². The normalized spacial score (nSPS) is 9.95. The number of benzene rings is 1. The van der Waals surface area contributed by atoms with Crippen LogP contribution < -0.4 is 9.47 Å². The summed E-state index contributed by atoms with van der Waals surface area (Å²) in [7, 11) is 1.38. The van der Waals surface area contributed by atoms with Gasteiger partial charge >= 0.3 is 5.97 Å². The van der Waals surface area contributed by atoms with Crippen molar-refractivity contribution in [2.24, 2.45) is 0 Å². The van der Waals surface area contributed by atoms with E-state index in [0.717, 1.165) is 0 Å². The summed E-state index contributed by atoms with van der Waals surface area (Å²) < 4.78 is 10.4. The molecule has 0 aliphatic rings. The predicted molar refractivity (Wildman–Crippen MR) is 68.7 cm³/mol. The lowest BCUT2D eigenvalue weighted by atomic mass is 10.3. The summed E-state index contributed by atoms with van der Waals surface area (Å²) in [5, 5.41) is 26.5. The number of carboxylic acids is 1. The Hall–Kier alpha value is -3.23. The van der Waals surface area contributed by atoms with Gasteiger partial charge < -0.3 is 14.6 Å². The molecular weight excluding hydrogens is 282 g/mol. The van der Waals surface area contributed by atoms with Crippen molar-refractivity contribution in [3.8, 4) is 17.4 Å². The number of nitro groups is 1. The SMILES string of the molecule is COc1ccc([N+](=O)[O-])cc1Oc1ccc(C(=O)O)nn1. The highest BCUT2D eigenvalue weighted by Crippen LogP contribution is 2.33. The Bertz CT molecular complexity index is 686. The summed E-state index contributed by atoms with van der Waals surface area (Å²) in [6.07, 6.45) is 0. The molecule has 1 N–H and O–H groups in total. The molecule has 9 heteroatoms. The van der Waals surface area contributed by atoms with E-state index in [1.165, 1.54) is 37.4 Å². The molecule has 0 saturated heterocycles. The van der Waals surface area contributed by atoms with Crippen molar-refractivity contribution < 1.29 is 24.3 Å². The number of hydrogen-bond donors (Lipinski definition) is 1. The summed E-state index contributed by atoms with van der Waals surface area (Å²) in [6, 6.07) is 6.31. The number of carbonyl (C=O) groups is 1. The quantitative estimate of drug-likeness (QED) is 0.653. The van der Waals surface area contributed by atoms with Crippen LogP contribution in [0, 0.1) is 10.1 Å². The third kappa shape index (κ3) is 3.21. The summed E-state index contributed by atoms with van der Waals surface area (Å²) in [5.41, 5.74) is -0.422. The molecule has 0 aliphatic heterocycles. The molecule has 0 aliphatic carbocycles. The number of ether oxygens (including phenoxy) is 2. The topological polar surface area (TPSA) is 125 Å². The van der Waals surface area contributed by atoms with E-state index < -0.39 is 10.9 Å². The van der Waals surface area contributed by atoms with Gasteiger partial charge in [0.2, 0.25) is 5.88 Å². The van der Waals surface area contributed by atoms with Crippen LogP contribution in [0.2, 0.25) is 0 Å². The van der Waals surface area contributed by atoms with Crippen LogP contribution in [-0.2, 0) is 0 Å². The lowest BCUT2D eigenvalue weighted by Crippen LogP contribution is -2.02. The maximum absolute atomic E-state index is 10.7. The van der Waals surface area contributed by atoms with E-state index in [0.29, 0.717) is 0 Å². The molecule has 2 aromatic rings. The first kappa shape index (κ1) is 14.2. The van der Waals surface area contributed by atoms with Gasteiger partial charge in [-0.3, -0.25) is 10.1 Å². The highest BCUT2D eigenvalue weighted by atomic mass is 16.6. The molecule has 1 aromatic heterocycles. The fourth-order valence-corrected chi connectivity index (χ4v) is 1.46. The van der Waals surface area contributed by atoms with Crippen molar-refractivity contribution >= 4 is 11.7 Å². The highest BCUT2D eigenvalue weighted by molar-refractivity contribution is 5.84. The van der Waals surface area contributed by atoms with Gasteiger partial charge in [-0.05, 0) is 12.1 Å². The van der Waals surface area contributed by atoms with E-state index in [1.54, 1.807) is 0 Å². The molecule has 0 fully saturated rings. The number of aromatic carboxylic acids is 1. The monoisotopic (exact) mass is 291 g/mol. The van der Waals surface area contributed by atoms with E-state index >= 15 is 0 Å². The number of hydrogen-bond acceptors (Lipinski definition) is 7. The lowest BCUT2D eigenvalue weighted by molar-refractivity contribution is -0.384. The Morgan fingerprint density at radius 1 is 1.24 bits per heavy atom. The Kier molecular flexibility index (Phi) is 3.93. The van der Waals surface area contributed by atoms with Gasteiger partial charge in [0, 0.05) is 12.1 Å². The van der Waals surface area contributed by atoms with E-state index in [2.05, 4.69) is 10.2 Å². The first-order valence-electron chi connectivity index (χ1n) is 5.58. The lowest BCUT2D eigenvalue weighted by Gasteiger charge is -2.08. The number of nitro benzene ring substituents is 1. The minimum Gasteiger partial charge on any atom is -0.493 e. The van der Waals surface area contributed by atoms with Gasteiger partial charge in [-0.1, -0.05) is 0 Å². The third-order valence-electron chi connectivity index (χ3n) is 2.43. The molecule has 0 radical (unpaired) electrons. The zero-order chi connectivity index (χ0) is 15.4. The molecule has 0 amide bonds. The second-order valence-corrected chi connectivity index (χ2v) is 3.76. The predicted octanol–water partition coefficient (Wildman–Crippen LogP) is 1.88. The number of aromatic nitrogens is 2. The third-order valence-corrected chi connectivity index (χ3v) is 2.43. The van der Waals surface area contributed by atoms with Crippen molar-refractivity contribution in [1.82, 2.24) is 10.2 Å². The first-order valence-corrected chi connectivity index (χ1v) is 5.58. The second-order valence-electron chi connectivity index (χ2n) is 3.76. The van der Waals surface area contributed by atoms with Crippen LogP contribution in [0.15, 0.2) is 30.3 Å². The molecule has 0 spiro atoms. The van der Waals surface area contributed by atoms with Gasteiger partial charge in [-0.15, -0.1) is 10.2 Å². The van der Waals surface area contributed by atoms with Crippen LogP contribution in [0.5, 0.6) is 17.4 Å². The van der Waals surface area contributed by atoms with E-state index in [4.69, 9.17) is 14.6 Å². The van der Waals surface area contributed by atoms with Crippen molar-refractivity contribution in [3.05, 3.63) is 46.1 Å². The average Bonchev–Trinajstić information content (AvgIpc) is 2.47. The first-order chi connectivity index (χ1) is 10.0. The molecular formula is C12H9N3O6. The van der Waals surface area contributed by atoms with Gasteiger partial charge in [0.1, 0.15) is 0 Å². The second kappa shape index (κ2) is 5.82. The molecule has 108 valence electrons. The maximum Gasteiger partial charge on any atom is 0.356 e. The van der Waals surface area contributed by atoms with Gasteiger partial charge in [-0.25, -0.2) is 4.79 Å². The van der Waals surface area contributed by atoms with Crippen LogP contribution in [0.3, 0.4) is 0 Å². The zero-order valence-corrected chi connectivity index (χ0v) is 10.7. The fourth-order valence-electron chi connectivity index (χ4n) is 1.46. The Morgan fingerprint density at radius 2 is 2.00 bits per heavy atom. The number of methoxy groups -OCH3 is 1. The molecule has 1 aromatic carbocycles. The highest BCUT2D eigenvalue weighted by Gasteiger charge is 2.14. The number of rotatable bonds is 5. The molecule has 1 heterocycles. The summed E-state index contributed by atoms with van der Waals surface area (Å²) in [5.74, 6) is -0.894. The molecule has 2 rings (SSSR count). The Labute approximate surface area is 117 Å². The van der Waals surface area contributed by atoms with Gasteiger partial charge in [0.05, 0.1) is 18.1 Å². The average molecular weight is 291 g/mol. The minimum atomic E-state index is -1.22. The van der Waals surface area contributed by atoms with Crippen LogP contribution in [0.25, 0.3) is 0 Å². The fraction of sp³-hybridized carbons (Fsp3) is 0.0833. The Balaban J connectivity index is 2.31. The largest absolute Gasteiger partial charge is 0.493 e. The molecule has 0 atom stereocenters. The maximum atomic E-state index is 10.7. The van der Waals surface area contributed by atoms with E-state index in [1.807, 2.05) is 0 Å². The zero-order valence-electron chi connectivity index (χ0n) is 10.7. The molecule has 21 heavy (non-hydrogen) atoms. The van der Waals surface area contributed by atoms with E-state index in [-0.39, 0.29) is 28.8 Å². The standard InChI is InChI=1S/C12H9N3O6/c1-20-9-4-2-7(15(18)19)6-10(9)21-11-5-3-8(12(16)17)13-14-11/h2-6H,1H3,(H,16,17). The summed E-state index contributed by atoms with van der Waals surface area (Å²) in [6.45, 7) is 0. The minimum absolute atomic E-state index is 0.0150. The Morgan fingerprint density at radius 3 is 2.52 bits per heavy atom. The number of nitrogens with zero attached hydrogens (tertiary/aromatic N) is 3. The van der Waals surface area contributed by atoms with Crippen molar-refractivity contribution in [2.45, 2.75) is 0 Å². The van der Waals surface area contributed by atoms with Gasteiger partial charge in [0.15, 0.2) is 17.2 Å². The summed E-state index contributed by atoms with van der Waals surface area (Å²) >= 11 is 0. The van der Waals surface area contributed by atoms with Gasteiger partial charge in [-0.2, -0.15) is 0 Å². The number of carboxylic acid groups (broad SMARTS) is 1. The van der Waals surface area contributed by atoms with Gasteiger partial charge in [0.25, 0.3) is 5.69 Å². The van der Waals surface area contributed by atoms with Crippen molar-refractivity contribution in [3.63, 3.8) is 0 Å². The molecule has 0 unspecified atom stereocenters. The summed E-state index contributed by atoms with van der Waals surface area (Å²) in [4.78, 5) is 20.8. The smallest absolute Gasteiger partial charge is 0.356 e. The molecule has 9 nitrogen and oxygen atoms in total. The van der Waals surface area contributed by atoms with Crippen molar-refractivity contribution in [2.75, 3.05) is 7.11 Å². The van der Waals surface area contributed by atoms with E-state index in [9.17, 15) is 14.9 Å². The molecule has 0 bridgehead atoms. The van der Waals surface area contributed by atoms with Crippen LogP contribution in [0.1, 0.15) is 10.5 Å². The van der Waals surface area contributed by atoms with Crippen molar-refractivity contribution in [1.29, 1.82) is 0 Å².